The average molecular weight is 366 g/mol. The molecule has 1 N–H and O–H groups in total. The van der Waals surface area contributed by atoms with Gasteiger partial charge in [-0.3, -0.25) is 4.90 Å². The van der Waals surface area contributed by atoms with E-state index in [1.807, 2.05) is 0 Å². The fourth-order valence-electron chi connectivity index (χ4n) is 3.45. The monoisotopic (exact) mass is 366 g/mol. The van der Waals surface area contributed by atoms with Gasteiger partial charge in [-0.15, -0.1) is 0 Å². The minimum Gasteiger partial charge on any atom is -0.396 e. The van der Waals surface area contributed by atoms with Crippen LogP contribution in [-0.4, -0.2) is 72.0 Å². The van der Waals surface area contributed by atoms with E-state index in [4.69, 9.17) is 9.84 Å². The van der Waals surface area contributed by atoms with E-state index in [0.29, 0.717) is 28.5 Å². The molecule has 0 aromatic rings. The Kier molecular flexibility index (Phi) is 3.89. The number of hydrogen-bond acceptors (Lipinski definition) is 4. The highest BCUT2D eigenvalue weighted by Crippen LogP contribution is 2.51. The van der Waals surface area contributed by atoms with Gasteiger partial charge in [0, 0.05) is 36.1 Å². The van der Waals surface area contributed by atoms with Crippen LogP contribution in [0.4, 0.5) is 0 Å². The van der Waals surface area contributed by atoms with Crippen molar-refractivity contribution in [3.05, 3.63) is 0 Å². The maximum atomic E-state index is 9.12. The zero-order valence-corrected chi connectivity index (χ0v) is 13.3. The summed E-state index contributed by atoms with van der Waals surface area (Å²) in [5.74, 6) is 2.82. The summed E-state index contributed by atoms with van der Waals surface area (Å²) in [4.78, 5) is 4.66. The van der Waals surface area contributed by atoms with Crippen molar-refractivity contribution in [3.63, 3.8) is 0 Å². The summed E-state index contributed by atoms with van der Waals surface area (Å²) in [6, 6.07) is 0. The third-order valence-corrected chi connectivity index (χ3v) is 6.32. The number of alkyl halides is 1. The van der Waals surface area contributed by atoms with E-state index >= 15 is 0 Å². The minimum absolute atomic E-state index is 0.382. The highest BCUT2D eigenvalue weighted by molar-refractivity contribution is 14.1. The number of piperidine rings is 1. The third kappa shape index (κ3) is 2.57. The smallest absolute Gasteiger partial charge is 0.0994 e. The van der Waals surface area contributed by atoms with Gasteiger partial charge in [0.05, 0.1) is 12.8 Å². The summed E-state index contributed by atoms with van der Waals surface area (Å²) in [5, 5.41) is 9.12. The van der Waals surface area contributed by atoms with Gasteiger partial charge >= 0.3 is 0 Å². The maximum Gasteiger partial charge on any atom is 0.0994 e. The van der Waals surface area contributed by atoms with Gasteiger partial charge in [0.15, 0.2) is 0 Å². The lowest BCUT2D eigenvalue weighted by Gasteiger charge is -2.19. The molecule has 5 heteroatoms. The van der Waals surface area contributed by atoms with Gasteiger partial charge < -0.3 is 14.7 Å². The molecule has 3 fully saturated rings. The second kappa shape index (κ2) is 5.16. The molecule has 18 heavy (non-hydrogen) atoms. The average Bonchev–Trinajstić information content (AvgIpc) is 3.08. The Bertz CT molecular complexity index is 303. The fourth-order valence-corrected chi connectivity index (χ4v) is 4.59. The van der Waals surface area contributed by atoms with E-state index in [2.05, 4.69) is 46.5 Å². The summed E-state index contributed by atoms with van der Waals surface area (Å²) in [5.41, 5.74) is 0. The minimum atomic E-state index is 0.382. The predicted molar refractivity (Wildman–Crippen MR) is 78.7 cm³/mol. The Morgan fingerprint density at radius 1 is 1.28 bits per heavy atom. The standard InChI is InChI=1S/C13H23IN2O2/c1-15(2)3-10-12(14)13(10)18-7-16-4-8-9(5-16)11(8)6-17/h8-13,17H,3-7H2,1-2H3. The van der Waals surface area contributed by atoms with Crippen molar-refractivity contribution in [1.82, 2.24) is 9.80 Å². The Morgan fingerprint density at radius 3 is 2.50 bits per heavy atom. The van der Waals surface area contributed by atoms with Crippen molar-refractivity contribution in [1.29, 1.82) is 0 Å². The highest BCUT2D eigenvalue weighted by Gasteiger charge is 2.55. The molecule has 0 aromatic carbocycles. The molecule has 1 aliphatic heterocycles. The van der Waals surface area contributed by atoms with Crippen molar-refractivity contribution in [2.75, 3.05) is 47.1 Å². The van der Waals surface area contributed by atoms with Gasteiger partial charge in [-0.25, -0.2) is 0 Å². The van der Waals surface area contributed by atoms with Crippen LogP contribution in [0, 0.1) is 23.7 Å². The molecule has 0 radical (unpaired) electrons. The molecule has 1 heterocycles. The zero-order chi connectivity index (χ0) is 12.9. The molecule has 5 atom stereocenters. The predicted octanol–water partition coefficient (Wildman–Crippen LogP) is 0.494. The first-order valence-corrected chi connectivity index (χ1v) is 8.10. The van der Waals surface area contributed by atoms with E-state index in [1.165, 1.54) is 0 Å². The lowest BCUT2D eigenvalue weighted by Crippen LogP contribution is -2.29. The molecule has 0 spiro atoms. The number of ether oxygens (including phenoxy) is 1. The van der Waals surface area contributed by atoms with Crippen LogP contribution < -0.4 is 0 Å². The number of nitrogens with zero attached hydrogens (tertiary/aromatic N) is 2. The quantitative estimate of drug-likeness (QED) is 0.549. The molecule has 104 valence electrons. The number of likely N-dealkylation sites (tertiary alicyclic amines) is 1. The topological polar surface area (TPSA) is 35.9 Å². The molecule has 4 nitrogen and oxygen atoms in total. The summed E-state index contributed by atoms with van der Waals surface area (Å²) >= 11 is 2.52. The zero-order valence-electron chi connectivity index (χ0n) is 11.1. The van der Waals surface area contributed by atoms with Gasteiger partial charge in [0.25, 0.3) is 0 Å². The van der Waals surface area contributed by atoms with E-state index in [9.17, 15) is 0 Å². The first-order valence-electron chi connectivity index (χ1n) is 6.85. The van der Waals surface area contributed by atoms with Gasteiger partial charge in [-0.1, -0.05) is 22.6 Å². The second-order valence-electron chi connectivity index (χ2n) is 6.34. The van der Waals surface area contributed by atoms with Crippen LogP contribution in [-0.2, 0) is 4.74 Å². The maximum absolute atomic E-state index is 9.12. The lowest BCUT2D eigenvalue weighted by atomic mass is 10.3. The van der Waals surface area contributed by atoms with E-state index in [1.54, 1.807) is 0 Å². The largest absolute Gasteiger partial charge is 0.396 e. The lowest BCUT2D eigenvalue weighted by molar-refractivity contribution is 0.0146. The number of aliphatic hydroxyl groups excluding tert-OH is 1. The molecule has 0 aromatic heterocycles. The summed E-state index contributed by atoms with van der Waals surface area (Å²) < 4.78 is 6.72. The summed E-state index contributed by atoms with van der Waals surface area (Å²) in [7, 11) is 4.25. The van der Waals surface area contributed by atoms with Gasteiger partial charge in [-0.05, 0) is 31.8 Å². The SMILES string of the molecule is CN(C)CC1C(I)C1OCN1CC2C(CO)C2C1. The third-order valence-electron chi connectivity index (χ3n) is 4.69. The molecule has 5 unspecified atom stereocenters. The molecule has 3 rings (SSSR count). The molecular weight excluding hydrogens is 343 g/mol. The Balaban J connectivity index is 1.35. The van der Waals surface area contributed by atoms with Crippen molar-refractivity contribution in [3.8, 4) is 0 Å². The summed E-state index contributed by atoms with van der Waals surface area (Å²) in [6.07, 6.45) is 0.457. The normalized spacial score (nSPS) is 46.5. The molecule has 0 bridgehead atoms. The van der Waals surface area contributed by atoms with Gasteiger partial charge in [0.1, 0.15) is 0 Å². The van der Waals surface area contributed by atoms with Gasteiger partial charge in [-0.2, -0.15) is 0 Å². The number of rotatable bonds is 6. The molecular formula is C13H23IN2O2. The Morgan fingerprint density at radius 2 is 1.94 bits per heavy atom. The van der Waals surface area contributed by atoms with Crippen molar-refractivity contribution in [2.24, 2.45) is 23.7 Å². The van der Waals surface area contributed by atoms with Crippen molar-refractivity contribution < 1.29 is 9.84 Å². The molecule has 2 aliphatic carbocycles. The van der Waals surface area contributed by atoms with Crippen molar-refractivity contribution >= 4 is 22.6 Å². The van der Waals surface area contributed by atoms with E-state index in [0.717, 1.165) is 38.2 Å². The van der Waals surface area contributed by atoms with Crippen LogP contribution in [0.5, 0.6) is 0 Å². The second-order valence-corrected chi connectivity index (χ2v) is 7.78. The number of fused-ring (bicyclic) bond motifs is 1. The number of hydrogen-bond donors (Lipinski definition) is 1. The van der Waals surface area contributed by atoms with Gasteiger partial charge in [0.2, 0.25) is 0 Å². The van der Waals surface area contributed by atoms with E-state index in [-0.39, 0.29) is 0 Å². The summed E-state index contributed by atoms with van der Waals surface area (Å²) in [6.45, 7) is 4.57. The molecule has 3 aliphatic rings. The molecule has 2 saturated carbocycles. The van der Waals surface area contributed by atoms with Crippen LogP contribution >= 0.6 is 22.6 Å². The first kappa shape index (κ1) is 13.5. The van der Waals surface area contributed by atoms with Crippen LogP contribution in [0.1, 0.15) is 0 Å². The van der Waals surface area contributed by atoms with E-state index < -0.39 is 0 Å². The Labute approximate surface area is 123 Å². The first-order chi connectivity index (χ1) is 8.61. The van der Waals surface area contributed by atoms with Crippen LogP contribution in [0.15, 0.2) is 0 Å². The van der Waals surface area contributed by atoms with Crippen molar-refractivity contribution in [2.45, 2.75) is 10.0 Å². The Hall–Kier alpha value is 0.570. The van der Waals surface area contributed by atoms with Crippen LogP contribution in [0.2, 0.25) is 0 Å². The molecule has 1 saturated heterocycles. The highest BCUT2D eigenvalue weighted by atomic mass is 127. The van der Waals surface area contributed by atoms with Crippen LogP contribution in [0.25, 0.3) is 0 Å². The fraction of sp³-hybridized carbons (Fsp3) is 1.00. The van der Waals surface area contributed by atoms with Crippen LogP contribution in [0.3, 0.4) is 0 Å². The molecule has 0 amide bonds. The number of aliphatic hydroxyl groups is 1. The number of halogens is 1.